The molecule has 0 fully saturated rings. The number of aromatic carboxylic acids is 1. The molecule has 0 aliphatic rings. The third-order valence-electron chi connectivity index (χ3n) is 3.97. The van der Waals surface area contributed by atoms with Crippen LogP contribution in [-0.4, -0.2) is 21.0 Å². The summed E-state index contributed by atoms with van der Waals surface area (Å²) < 4.78 is 0. The molecule has 0 amide bonds. The third-order valence-corrected chi connectivity index (χ3v) is 5.06. The molecule has 2 aromatic carbocycles. The lowest BCUT2D eigenvalue weighted by molar-refractivity contribution is 0.0703. The van der Waals surface area contributed by atoms with Crippen molar-refractivity contribution in [3.63, 3.8) is 0 Å². The van der Waals surface area contributed by atoms with Crippen molar-refractivity contribution in [2.24, 2.45) is 0 Å². The minimum absolute atomic E-state index is 0.0599. The number of aromatic nitrogens is 2. The van der Waals surface area contributed by atoms with Gasteiger partial charge in [-0.2, -0.15) is 0 Å². The number of carboxylic acids is 1. The summed E-state index contributed by atoms with van der Waals surface area (Å²) in [5.74, 6) is -0.570. The van der Waals surface area contributed by atoms with Crippen LogP contribution in [0.3, 0.4) is 0 Å². The lowest BCUT2D eigenvalue weighted by atomic mass is 10.1. The molecule has 7 heteroatoms. The Morgan fingerprint density at radius 2 is 1.69 bits per heavy atom. The van der Waals surface area contributed by atoms with Crippen LogP contribution in [0.15, 0.2) is 54.6 Å². The Labute approximate surface area is 152 Å². The number of carbonyl (C=O) groups is 1. The van der Waals surface area contributed by atoms with Gasteiger partial charge in [0.05, 0.1) is 16.8 Å². The summed E-state index contributed by atoms with van der Waals surface area (Å²) in [6, 6.07) is 16.8. The van der Waals surface area contributed by atoms with Crippen LogP contribution in [-0.2, 0) is 0 Å². The Balaban J connectivity index is 2.08. The molecule has 5 N–H and O–H groups in total. The number of fused-ring (bicyclic) bond motifs is 1. The number of carboxylic acid groups (broad SMARTS) is 1. The molecule has 0 bridgehead atoms. The highest BCUT2D eigenvalue weighted by atomic mass is 32.1. The van der Waals surface area contributed by atoms with E-state index >= 15 is 0 Å². The first-order valence-corrected chi connectivity index (χ1v) is 8.61. The molecule has 0 spiro atoms. The van der Waals surface area contributed by atoms with Crippen LogP contribution in [0.2, 0.25) is 0 Å². The topological polar surface area (TPSA) is 115 Å². The molecule has 26 heavy (non-hydrogen) atoms. The van der Waals surface area contributed by atoms with Crippen molar-refractivity contribution >= 4 is 38.9 Å². The van der Waals surface area contributed by atoms with Crippen LogP contribution < -0.4 is 11.5 Å². The maximum atomic E-state index is 11.5. The number of nitrogen functional groups attached to an aromatic ring is 2. The van der Waals surface area contributed by atoms with Crippen LogP contribution in [0.25, 0.3) is 32.9 Å². The zero-order valence-corrected chi connectivity index (χ0v) is 14.3. The van der Waals surface area contributed by atoms with Gasteiger partial charge in [0.1, 0.15) is 9.71 Å². The van der Waals surface area contributed by atoms with Gasteiger partial charge in [-0.05, 0) is 12.1 Å². The molecule has 2 aromatic heterocycles. The summed E-state index contributed by atoms with van der Waals surface area (Å²) in [4.78, 5) is 21.3. The lowest BCUT2D eigenvalue weighted by Crippen LogP contribution is -1.99. The molecule has 0 saturated heterocycles. The Bertz CT molecular complexity index is 1140. The number of hydrogen-bond acceptors (Lipinski definition) is 6. The highest BCUT2D eigenvalue weighted by Gasteiger charge is 2.22. The van der Waals surface area contributed by atoms with E-state index in [-0.39, 0.29) is 10.6 Å². The van der Waals surface area contributed by atoms with E-state index in [1.807, 2.05) is 42.5 Å². The van der Waals surface area contributed by atoms with E-state index < -0.39 is 5.97 Å². The molecule has 0 radical (unpaired) electrons. The molecule has 0 aliphatic carbocycles. The standard InChI is InChI=1S/C19H14N4O2S/c20-12-8-4-7-11(9-12)15-13-14(21)16(19(24)25)26-18(13)23-17(22-15)10-5-2-1-3-6-10/h1-9H,20-21H2,(H,24,25). The minimum atomic E-state index is -1.08. The highest BCUT2D eigenvalue weighted by molar-refractivity contribution is 7.21. The van der Waals surface area contributed by atoms with Crippen molar-refractivity contribution < 1.29 is 9.90 Å². The highest BCUT2D eigenvalue weighted by Crippen LogP contribution is 2.39. The molecule has 0 aliphatic heterocycles. The second-order valence-corrected chi connectivity index (χ2v) is 6.72. The maximum Gasteiger partial charge on any atom is 0.348 e. The van der Waals surface area contributed by atoms with Crippen LogP contribution >= 0.6 is 11.3 Å². The summed E-state index contributed by atoms with van der Waals surface area (Å²) in [5.41, 5.74) is 15.0. The summed E-state index contributed by atoms with van der Waals surface area (Å²) >= 11 is 1.05. The van der Waals surface area contributed by atoms with Gasteiger partial charge >= 0.3 is 5.97 Å². The Hall–Kier alpha value is -3.45. The van der Waals surface area contributed by atoms with Crippen molar-refractivity contribution in [3.05, 3.63) is 59.5 Å². The number of hydrogen-bond donors (Lipinski definition) is 3. The summed E-state index contributed by atoms with van der Waals surface area (Å²) in [5, 5.41) is 9.96. The molecule has 2 heterocycles. The number of rotatable bonds is 3. The number of anilines is 2. The fourth-order valence-corrected chi connectivity index (χ4v) is 3.73. The molecule has 4 rings (SSSR count). The van der Waals surface area contributed by atoms with Crippen LogP contribution in [0, 0.1) is 0 Å². The van der Waals surface area contributed by atoms with E-state index in [4.69, 9.17) is 11.5 Å². The second kappa shape index (κ2) is 6.12. The monoisotopic (exact) mass is 362 g/mol. The van der Waals surface area contributed by atoms with Crippen LogP contribution in [0.1, 0.15) is 9.67 Å². The molecular weight excluding hydrogens is 348 g/mol. The van der Waals surface area contributed by atoms with Gasteiger partial charge in [-0.1, -0.05) is 42.5 Å². The Kier molecular flexibility index (Phi) is 3.78. The molecular formula is C19H14N4O2S. The normalized spacial score (nSPS) is 10.9. The van der Waals surface area contributed by atoms with E-state index in [0.29, 0.717) is 27.4 Å². The van der Waals surface area contributed by atoms with Crippen molar-refractivity contribution in [2.45, 2.75) is 0 Å². The van der Waals surface area contributed by atoms with E-state index in [2.05, 4.69) is 9.97 Å². The third kappa shape index (κ3) is 2.64. The first-order chi connectivity index (χ1) is 12.5. The summed E-state index contributed by atoms with van der Waals surface area (Å²) in [6.45, 7) is 0. The van der Waals surface area contributed by atoms with Gasteiger partial charge in [-0.15, -0.1) is 11.3 Å². The smallest absolute Gasteiger partial charge is 0.348 e. The van der Waals surface area contributed by atoms with Crippen molar-refractivity contribution in [2.75, 3.05) is 11.5 Å². The summed E-state index contributed by atoms with van der Waals surface area (Å²) in [7, 11) is 0. The van der Waals surface area contributed by atoms with Crippen LogP contribution in [0.4, 0.5) is 11.4 Å². The van der Waals surface area contributed by atoms with Gasteiger partial charge in [-0.25, -0.2) is 14.8 Å². The zero-order valence-electron chi connectivity index (χ0n) is 13.5. The maximum absolute atomic E-state index is 11.5. The molecule has 0 unspecified atom stereocenters. The first kappa shape index (κ1) is 16.0. The van der Waals surface area contributed by atoms with E-state index in [9.17, 15) is 9.90 Å². The van der Waals surface area contributed by atoms with Gasteiger partial charge in [0, 0.05) is 16.8 Å². The number of nitrogens with zero attached hydrogens (tertiary/aromatic N) is 2. The first-order valence-electron chi connectivity index (χ1n) is 7.79. The fraction of sp³-hybridized carbons (Fsp3) is 0. The van der Waals surface area contributed by atoms with E-state index in [1.54, 1.807) is 12.1 Å². The Morgan fingerprint density at radius 3 is 2.38 bits per heavy atom. The van der Waals surface area contributed by atoms with Crippen molar-refractivity contribution in [3.8, 4) is 22.6 Å². The van der Waals surface area contributed by atoms with E-state index in [0.717, 1.165) is 22.5 Å². The number of thiophene rings is 1. The summed E-state index contributed by atoms with van der Waals surface area (Å²) in [6.07, 6.45) is 0. The lowest BCUT2D eigenvalue weighted by Gasteiger charge is -2.08. The predicted molar refractivity (Wildman–Crippen MR) is 104 cm³/mol. The molecule has 128 valence electrons. The largest absolute Gasteiger partial charge is 0.477 e. The number of nitrogens with two attached hydrogens (primary N) is 2. The van der Waals surface area contributed by atoms with Gasteiger partial charge < -0.3 is 16.6 Å². The van der Waals surface area contributed by atoms with E-state index in [1.165, 1.54) is 0 Å². The zero-order chi connectivity index (χ0) is 18.3. The van der Waals surface area contributed by atoms with Gasteiger partial charge in [0.25, 0.3) is 0 Å². The predicted octanol–water partition coefficient (Wildman–Crippen LogP) is 3.89. The Morgan fingerprint density at radius 1 is 0.962 bits per heavy atom. The molecule has 4 aromatic rings. The molecule has 0 saturated carbocycles. The van der Waals surface area contributed by atoms with Crippen LogP contribution in [0.5, 0.6) is 0 Å². The second-order valence-electron chi connectivity index (χ2n) is 5.72. The molecule has 6 nitrogen and oxygen atoms in total. The SMILES string of the molecule is Nc1cccc(-c2nc(-c3ccccc3)nc3sc(C(=O)O)c(N)c23)c1. The quantitative estimate of drug-likeness (QED) is 0.476. The average Bonchev–Trinajstić information content (AvgIpc) is 2.99. The number of benzene rings is 2. The van der Waals surface area contributed by atoms with Gasteiger partial charge in [0.15, 0.2) is 5.82 Å². The van der Waals surface area contributed by atoms with Gasteiger partial charge in [0.2, 0.25) is 0 Å². The minimum Gasteiger partial charge on any atom is -0.477 e. The average molecular weight is 362 g/mol. The fourth-order valence-electron chi connectivity index (χ4n) is 2.79. The molecule has 0 atom stereocenters. The van der Waals surface area contributed by atoms with Crippen molar-refractivity contribution in [1.82, 2.24) is 9.97 Å². The van der Waals surface area contributed by atoms with Crippen molar-refractivity contribution in [1.29, 1.82) is 0 Å². The van der Waals surface area contributed by atoms with Gasteiger partial charge in [-0.3, -0.25) is 0 Å².